The van der Waals surface area contributed by atoms with Crippen LogP contribution in [0.1, 0.15) is 46.0 Å². The Hall–Kier alpha value is -0.860. The summed E-state index contributed by atoms with van der Waals surface area (Å²) in [6, 6.07) is -0.0566. The predicted molar refractivity (Wildman–Crippen MR) is 62.2 cm³/mol. The largest absolute Gasteiger partial charge is 0.338 e. The molecule has 0 radical (unpaired) electrons. The number of carbonyl (C=O) groups excluding carboxylic acids is 1. The third kappa shape index (κ3) is 3.33. The van der Waals surface area contributed by atoms with Crippen LogP contribution in [0.4, 0.5) is 0 Å². The highest BCUT2D eigenvalue weighted by atomic mass is 16.2. The molecule has 0 aromatic carbocycles. The Morgan fingerprint density at radius 2 is 2.00 bits per heavy atom. The topological polar surface area (TPSA) is 44.2 Å². The minimum Gasteiger partial charge on any atom is -0.338 e. The quantitative estimate of drug-likeness (QED) is 0.712. The maximum atomic E-state index is 11.9. The number of nitrogens with one attached hydrogen (secondary N) is 1. The van der Waals surface area contributed by atoms with Crippen LogP contribution in [0.2, 0.25) is 0 Å². The molecule has 0 bridgehead atoms. The molecule has 1 N–H and O–H groups in total. The third-order valence-electron chi connectivity index (χ3n) is 3.54. The third-order valence-corrected chi connectivity index (χ3v) is 3.54. The Kier molecular flexibility index (Phi) is 4.30. The van der Waals surface area contributed by atoms with Gasteiger partial charge < -0.3 is 10.3 Å². The van der Waals surface area contributed by atoms with Gasteiger partial charge in [-0.25, -0.2) is 0 Å². The van der Waals surface area contributed by atoms with Crippen molar-refractivity contribution in [3.05, 3.63) is 0 Å². The van der Waals surface area contributed by atoms with Crippen molar-refractivity contribution in [2.45, 2.75) is 52.0 Å². The smallest absolute Gasteiger partial charge is 0.223 e. The SMILES string of the molecule is CC(=N)C(C)N(C)C(=O)CC1CCCC1. The van der Waals surface area contributed by atoms with Gasteiger partial charge in [-0.2, -0.15) is 0 Å². The Balaban J connectivity index is 2.41. The van der Waals surface area contributed by atoms with Crippen molar-refractivity contribution in [1.82, 2.24) is 4.90 Å². The van der Waals surface area contributed by atoms with Crippen molar-refractivity contribution in [2.75, 3.05) is 7.05 Å². The Morgan fingerprint density at radius 1 is 1.47 bits per heavy atom. The van der Waals surface area contributed by atoms with Crippen LogP contribution in [0.3, 0.4) is 0 Å². The predicted octanol–water partition coefficient (Wildman–Crippen LogP) is 2.45. The highest BCUT2D eigenvalue weighted by Gasteiger charge is 2.23. The first-order valence-electron chi connectivity index (χ1n) is 5.83. The lowest BCUT2D eigenvalue weighted by molar-refractivity contribution is -0.131. The van der Waals surface area contributed by atoms with Gasteiger partial charge in [0.25, 0.3) is 0 Å². The Morgan fingerprint density at radius 3 is 2.47 bits per heavy atom. The summed E-state index contributed by atoms with van der Waals surface area (Å²) in [5.74, 6) is 0.791. The van der Waals surface area contributed by atoms with E-state index in [1.54, 1.807) is 18.9 Å². The molecule has 0 aromatic rings. The molecule has 15 heavy (non-hydrogen) atoms. The molecule has 1 aliphatic rings. The summed E-state index contributed by atoms with van der Waals surface area (Å²) >= 11 is 0. The zero-order valence-corrected chi connectivity index (χ0v) is 10.0. The van der Waals surface area contributed by atoms with Crippen LogP contribution in [0.15, 0.2) is 0 Å². The molecule has 3 heteroatoms. The fraction of sp³-hybridized carbons (Fsp3) is 0.833. The number of carbonyl (C=O) groups is 1. The number of rotatable bonds is 4. The van der Waals surface area contributed by atoms with Crippen LogP contribution in [-0.4, -0.2) is 29.6 Å². The van der Waals surface area contributed by atoms with Crippen molar-refractivity contribution in [3.63, 3.8) is 0 Å². The minimum absolute atomic E-state index is 0.0566. The van der Waals surface area contributed by atoms with Gasteiger partial charge in [0.05, 0.1) is 6.04 Å². The van der Waals surface area contributed by atoms with E-state index in [1.807, 2.05) is 6.92 Å². The van der Waals surface area contributed by atoms with Gasteiger partial charge >= 0.3 is 0 Å². The molecule has 0 saturated heterocycles. The fourth-order valence-electron chi connectivity index (χ4n) is 2.11. The fourth-order valence-corrected chi connectivity index (χ4v) is 2.11. The van der Waals surface area contributed by atoms with Gasteiger partial charge in [-0.1, -0.05) is 12.8 Å². The van der Waals surface area contributed by atoms with E-state index in [0.29, 0.717) is 18.1 Å². The standard InChI is InChI=1S/C12H22N2O/c1-9(13)10(2)14(3)12(15)8-11-6-4-5-7-11/h10-11,13H,4-8H2,1-3H3. The van der Waals surface area contributed by atoms with E-state index in [2.05, 4.69) is 0 Å². The van der Waals surface area contributed by atoms with Crippen molar-refractivity contribution < 1.29 is 4.79 Å². The molecular formula is C12H22N2O. The van der Waals surface area contributed by atoms with E-state index in [1.165, 1.54) is 25.7 Å². The molecular weight excluding hydrogens is 188 g/mol. The first-order chi connectivity index (χ1) is 7.02. The average molecular weight is 210 g/mol. The second-order valence-corrected chi connectivity index (χ2v) is 4.72. The zero-order chi connectivity index (χ0) is 11.4. The van der Waals surface area contributed by atoms with Crippen LogP contribution in [0.25, 0.3) is 0 Å². The van der Waals surface area contributed by atoms with E-state index in [9.17, 15) is 4.79 Å². The van der Waals surface area contributed by atoms with Crippen LogP contribution < -0.4 is 0 Å². The second-order valence-electron chi connectivity index (χ2n) is 4.72. The highest BCUT2D eigenvalue weighted by Crippen LogP contribution is 2.28. The molecule has 1 rings (SSSR count). The van der Waals surface area contributed by atoms with Crippen molar-refractivity contribution in [1.29, 1.82) is 5.41 Å². The molecule has 1 unspecified atom stereocenters. The Bertz CT molecular complexity index is 244. The molecule has 86 valence electrons. The van der Waals surface area contributed by atoms with Gasteiger partial charge in [-0.15, -0.1) is 0 Å². The summed E-state index contributed by atoms with van der Waals surface area (Å²) in [6.07, 6.45) is 5.64. The van der Waals surface area contributed by atoms with Gasteiger partial charge in [-0.05, 0) is 32.6 Å². The maximum absolute atomic E-state index is 11.9. The lowest BCUT2D eigenvalue weighted by Gasteiger charge is -2.25. The lowest BCUT2D eigenvalue weighted by Crippen LogP contribution is -2.39. The van der Waals surface area contributed by atoms with Gasteiger partial charge in [0.15, 0.2) is 0 Å². The summed E-state index contributed by atoms with van der Waals surface area (Å²) < 4.78 is 0. The molecule has 1 saturated carbocycles. The van der Waals surface area contributed by atoms with E-state index in [4.69, 9.17) is 5.41 Å². The molecule has 1 aliphatic carbocycles. The van der Waals surface area contributed by atoms with Gasteiger partial charge in [0.2, 0.25) is 5.91 Å². The van der Waals surface area contributed by atoms with Gasteiger partial charge in [0, 0.05) is 19.2 Å². The van der Waals surface area contributed by atoms with Crippen LogP contribution in [-0.2, 0) is 4.79 Å². The minimum atomic E-state index is -0.0566. The summed E-state index contributed by atoms with van der Waals surface area (Å²) in [5.41, 5.74) is 0.553. The van der Waals surface area contributed by atoms with Gasteiger partial charge in [-0.3, -0.25) is 4.79 Å². The number of nitrogens with zero attached hydrogens (tertiary/aromatic N) is 1. The first-order valence-corrected chi connectivity index (χ1v) is 5.83. The number of amides is 1. The van der Waals surface area contributed by atoms with Crippen LogP contribution >= 0.6 is 0 Å². The molecule has 0 spiro atoms. The average Bonchev–Trinajstić information content (AvgIpc) is 2.67. The molecule has 0 aromatic heterocycles. The maximum Gasteiger partial charge on any atom is 0.223 e. The lowest BCUT2D eigenvalue weighted by atomic mass is 10.0. The molecule has 0 aliphatic heterocycles. The van der Waals surface area contributed by atoms with Crippen molar-refractivity contribution >= 4 is 11.6 Å². The van der Waals surface area contributed by atoms with Gasteiger partial charge in [0.1, 0.15) is 0 Å². The number of hydrogen-bond acceptors (Lipinski definition) is 2. The monoisotopic (exact) mass is 210 g/mol. The normalized spacial score (nSPS) is 18.9. The summed E-state index contributed by atoms with van der Waals surface area (Å²) in [5, 5.41) is 7.51. The van der Waals surface area contributed by atoms with Crippen molar-refractivity contribution in [2.24, 2.45) is 5.92 Å². The first kappa shape index (κ1) is 12.2. The summed E-state index contributed by atoms with van der Waals surface area (Å²) in [7, 11) is 1.81. The number of hydrogen-bond donors (Lipinski definition) is 1. The summed E-state index contributed by atoms with van der Waals surface area (Å²) in [4.78, 5) is 13.6. The molecule has 1 atom stereocenters. The molecule has 1 amide bonds. The Labute approximate surface area is 92.4 Å². The molecule has 0 heterocycles. The van der Waals surface area contributed by atoms with Crippen LogP contribution in [0, 0.1) is 11.3 Å². The van der Waals surface area contributed by atoms with Crippen molar-refractivity contribution in [3.8, 4) is 0 Å². The van der Waals surface area contributed by atoms with E-state index < -0.39 is 0 Å². The van der Waals surface area contributed by atoms with E-state index in [0.717, 1.165) is 0 Å². The van der Waals surface area contributed by atoms with Crippen LogP contribution in [0.5, 0.6) is 0 Å². The van der Waals surface area contributed by atoms with E-state index >= 15 is 0 Å². The zero-order valence-electron chi connectivity index (χ0n) is 10.0. The second kappa shape index (κ2) is 5.29. The molecule has 3 nitrogen and oxygen atoms in total. The summed E-state index contributed by atoms with van der Waals surface area (Å²) in [6.45, 7) is 3.67. The highest BCUT2D eigenvalue weighted by molar-refractivity contribution is 5.88. The molecule has 1 fully saturated rings. The van der Waals surface area contributed by atoms with E-state index in [-0.39, 0.29) is 11.9 Å².